The molecule has 4 heteroatoms. The molecular formula is C14H19N3S. The third-order valence-corrected chi connectivity index (χ3v) is 3.96. The highest BCUT2D eigenvalue weighted by Gasteiger charge is 2.05. The smallest absolute Gasteiger partial charge is 0.151 e. The van der Waals surface area contributed by atoms with Crippen LogP contribution in [0.4, 0.5) is 11.5 Å². The van der Waals surface area contributed by atoms with Gasteiger partial charge in [0.2, 0.25) is 0 Å². The molecule has 0 bridgehead atoms. The van der Waals surface area contributed by atoms with Gasteiger partial charge < -0.3 is 10.2 Å². The first kappa shape index (κ1) is 12.9. The summed E-state index contributed by atoms with van der Waals surface area (Å²) in [7, 11) is 4.02. The standard InChI is InChI=1S/C14H19N3S/c1-4-11-7-8-12(18-11)10-16-13-6-5-9-15-14(13)17(2)3/h5-9,16H,4,10H2,1-3H3. The summed E-state index contributed by atoms with van der Waals surface area (Å²) in [6.45, 7) is 3.05. The summed E-state index contributed by atoms with van der Waals surface area (Å²) in [6, 6.07) is 8.43. The molecule has 3 nitrogen and oxygen atoms in total. The second kappa shape index (κ2) is 5.87. The van der Waals surface area contributed by atoms with Crippen molar-refractivity contribution < 1.29 is 0 Å². The van der Waals surface area contributed by atoms with Crippen LogP contribution in [0.25, 0.3) is 0 Å². The quantitative estimate of drug-likeness (QED) is 0.894. The van der Waals surface area contributed by atoms with Crippen molar-refractivity contribution >= 4 is 22.8 Å². The van der Waals surface area contributed by atoms with Crippen LogP contribution in [0, 0.1) is 0 Å². The molecule has 0 saturated heterocycles. The predicted octanol–water partition coefficient (Wildman–Crippen LogP) is 3.38. The number of nitrogens with one attached hydrogen (secondary N) is 1. The summed E-state index contributed by atoms with van der Waals surface area (Å²) in [5, 5.41) is 3.45. The zero-order valence-electron chi connectivity index (χ0n) is 11.1. The van der Waals surface area contributed by atoms with Gasteiger partial charge in [0.15, 0.2) is 5.82 Å². The van der Waals surface area contributed by atoms with E-state index in [1.54, 1.807) is 0 Å². The van der Waals surface area contributed by atoms with Crippen LogP contribution in [0.5, 0.6) is 0 Å². The van der Waals surface area contributed by atoms with Gasteiger partial charge in [0.05, 0.1) is 5.69 Å². The topological polar surface area (TPSA) is 28.2 Å². The number of pyridine rings is 1. The maximum atomic E-state index is 4.38. The van der Waals surface area contributed by atoms with E-state index in [4.69, 9.17) is 0 Å². The van der Waals surface area contributed by atoms with E-state index in [-0.39, 0.29) is 0 Å². The molecule has 0 unspecified atom stereocenters. The first-order chi connectivity index (χ1) is 8.70. The van der Waals surface area contributed by atoms with Crippen molar-refractivity contribution in [1.82, 2.24) is 4.98 Å². The number of hydrogen-bond donors (Lipinski definition) is 1. The lowest BCUT2D eigenvalue weighted by Crippen LogP contribution is -2.13. The van der Waals surface area contributed by atoms with Gasteiger partial charge in [-0.15, -0.1) is 11.3 Å². The number of aromatic nitrogens is 1. The highest BCUT2D eigenvalue weighted by Crippen LogP contribution is 2.23. The van der Waals surface area contributed by atoms with Gasteiger partial charge in [-0.2, -0.15) is 0 Å². The Labute approximate surface area is 112 Å². The molecular weight excluding hydrogens is 242 g/mol. The fraction of sp³-hybridized carbons (Fsp3) is 0.357. The molecule has 0 amide bonds. The molecule has 2 rings (SSSR count). The lowest BCUT2D eigenvalue weighted by Gasteiger charge is -2.16. The zero-order valence-corrected chi connectivity index (χ0v) is 11.9. The molecule has 0 aliphatic heterocycles. The van der Waals surface area contributed by atoms with E-state index in [1.165, 1.54) is 9.75 Å². The molecule has 2 aromatic heterocycles. The van der Waals surface area contributed by atoms with E-state index in [9.17, 15) is 0 Å². The monoisotopic (exact) mass is 261 g/mol. The van der Waals surface area contributed by atoms with Crippen LogP contribution in [0.15, 0.2) is 30.5 Å². The molecule has 0 radical (unpaired) electrons. The summed E-state index contributed by atoms with van der Waals surface area (Å²) in [4.78, 5) is 9.20. The van der Waals surface area contributed by atoms with E-state index < -0.39 is 0 Å². The molecule has 0 aliphatic rings. The lowest BCUT2D eigenvalue weighted by molar-refractivity contribution is 1.05. The second-order valence-corrected chi connectivity index (χ2v) is 5.60. The average molecular weight is 261 g/mol. The molecule has 0 fully saturated rings. The molecule has 0 atom stereocenters. The van der Waals surface area contributed by atoms with Crippen LogP contribution < -0.4 is 10.2 Å². The van der Waals surface area contributed by atoms with Gasteiger partial charge in [-0.3, -0.25) is 0 Å². The van der Waals surface area contributed by atoms with E-state index in [1.807, 2.05) is 42.6 Å². The lowest BCUT2D eigenvalue weighted by atomic mass is 10.3. The normalized spacial score (nSPS) is 10.4. The Kier molecular flexibility index (Phi) is 4.20. The van der Waals surface area contributed by atoms with Crippen LogP contribution >= 0.6 is 11.3 Å². The molecule has 96 valence electrons. The van der Waals surface area contributed by atoms with E-state index in [2.05, 4.69) is 35.4 Å². The molecule has 0 saturated carbocycles. The van der Waals surface area contributed by atoms with Crippen LogP contribution in [-0.4, -0.2) is 19.1 Å². The van der Waals surface area contributed by atoms with Gasteiger partial charge in [0, 0.05) is 36.6 Å². The number of rotatable bonds is 5. The molecule has 0 aromatic carbocycles. The third-order valence-electron chi connectivity index (χ3n) is 2.73. The van der Waals surface area contributed by atoms with Crippen molar-refractivity contribution in [2.45, 2.75) is 19.9 Å². The number of thiophene rings is 1. The average Bonchev–Trinajstić information content (AvgIpc) is 2.84. The Morgan fingerprint density at radius 1 is 1.22 bits per heavy atom. The van der Waals surface area contributed by atoms with Crippen molar-refractivity contribution in [3.05, 3.63) is 40.2 Å². The Morgan fingerprint density at radius 3 is 2.67 bits per heavy atom. The minimum atomic E-state index is 0.858. The second-order valence-electron chi connectivity index (χ2n) is 4.34. The van der Waals surface area contributed by atoms with E-state index >= 15 is 0 Å². The fourth-order valence-electron chi connectivity index (χ4n) is 1.78. The minimum Gasteiger partial charge on any atom is -0.377 e. The van der Waals surface area contributed by atoms with Crippen molar-refractivity contribution in [1.29, 1.82) is 0 Å². The zero-order chi connectivity index (χ0) is 13.0. The summed E-state index contributed by atoms with van der Waals surface area (Å²) >= 11 is 1.87. The van der Waals surface area contributed by atoms with Gasteiger partial charge in [0.1, 0.15) is 0 Å². The Hall–Kier alpha value is -1.55. The minimum absolute atomic E-state index is 0.858. The first-order valence-electron chi connectivity index (χ1n) is 6.14. The summed E-state index contributed by atoms with van der Waals surface area (Å²) in [5.74, 6) is 0.977. The molecule has 18 heavy (non-hydrogen) atoms. The fourth-order valence-corrected chi connectivity index (χ4v) is 2.68. The highest BCUT2D eigenvalue weighted by molar-refractivity contribution is 7.12. The molecule has 2 heterocycles. The SMILES string of the molecule is CCc1ccc(CNc2cccnc2N(C)C)s1. The molecule has 2 aromatic rings. The number of aryl methyl sites for hydroxylation is 1. The number of anilines is 2. The molecule has 0 aliphatic carbocycles. The van der Waals surface area contributed by atoms with Crippen molar-refractivity contribution in [2.75, 3.05) is 24.3 Å². The van der Waals surface area contributed by atoms with Crippen molar-refractivity contribution in [3.63, 3.8) is 0 Å². The summed E-state index contributed by atoms with van der Waals surface area (Å²) in [5.41, 5.74) is 1.08. The van der Waals surface area contributed by atoms with E-state index in [0.717, 1.165) is 24.5 Å². The molecule has 0 spiro atoms. The van der Waals surface area contributed by atoms with Gasteiger partial charge >= 0.3 is 0 Å². The first-order valence-corrected chi connectivity index (χ1v) is 6.96. The third kappa shape index (κ3) is 3.01. The van der Waals surface area contributed by atoms with Gasteiger partial charge in [-0.1, -0.05) is 6.92 Å². The Bertz CT molecular complexity index is 505. The van der Waals surface area contributed by atoms with Crippen LogP contribution in [0.3, 0.4) is 0 Å². The number of nitrogens with zero attached hydrogens (tertiary/aromatic N) is 2. The Balaban J connectivity index is 2.05. The predicted molar refractivity (Wildman–Crippen MR) is 79.6 cm³/mol. The Morgan fingerprint density at radius 2 is 2.00 bits per heavy atom. The van der Waals surface area contributed by atoms with E-state index in [0.29, 0.717) is 0 Å². The maximum Gasteiger partial charge on any atom is 0.151 e. The largest absolute Gasteiger partial charge is 0.377 e. The number of hydrogen-bond acceptors (Lipinski definition) is 4. The van der Waals surface area contributed by atoms with Crippen LogP contribution in [-0.2, 0) is 13.0 Å². The van der Waals surface area contributed by atoms with Crippen LogP contribution in [0.2, 0.25) is 0 Å². The van der Waals surface area contributed by atoms with Gasteiger partial charge in [-0.25, -0.2) is 4.98 Å². The summed E-state index contributed by atoms with van der Waals surface area (Å²) < 4.78 is 0. The van der Waals surface area contributed by atoms with Crippen molar-refractivity contribution in [2.24, 2.45) is 0 Å². The van der Waals surface area contributed by atoms with Gasteiger partial charge in [-0.05, 0) is 30.7 Å². The molecule has 1 N–H and O–H groups in total. The van der Waals surface area contributed by atoms with Gasteiger partial charge in [0.25, 0.3) is 0 Å². The van der Waals surface area contributed by atoms with Crippen molar-refractivity contribution in [3.8, 4) is 0 Å². The van der Waals surface area contributed by atoms with Crippen LogP contribution in [0.1, 0.15) is 16.7 Å². The summed E-state index contributed by atoms with van der Waals surface area (Å²) in [6.07, 6.45) is 2.93. The highest BCUT2D eigenvalue weighted by atomic mass is 32.1. The maximum absolute atomic E-state index is 4.38.